The molecular formula is C16H18BrNO2S. The van der Waals surface area contributed by atoms with Gasteiger partial charge in [-0.3, -0.25) is 0 Å². The van der Waals surface area contributed by atoms with Crippen LogP contribution in [0, 0.1) is 0 Å². The van der Waals surface area contributed by atoms with Crippen molar-refractivity contribution in [3.8, 4) is 11.5 Å². The lowest BCUT2D eigenvalue weighted by atomic mass is 10.1. The second kappa shape index (κ2) is 7.73. The molecule has 1 atom stereocenters. The van der Waals surface area contributed by atoms with Gasteiger partial charge in [-0.05, 0) is 42.0 Å². The number of nitrogens with two attached hydrogens (primary N) is 1. The highest BCUT2D eigenvalue weighted by atomic mass is 79.9. The van der Waals surface area contributed by atoms with Crippen LogP contribution in [0.2, 0.25) is 0 Å². The molecule has 0 aliphatic heterocycles. The zero-order valence-corrected chi connectivity index (χ0v) is 14.4. The molecule has 1 unspecified atom stereocenters. The third-order valence-electron chi connectivity index (χ3n) is 3.08. The van der Waals surface area contributed by atoms with Gasteiger partial charge in [0.15, 0.2) is 11.5 Å². The Balaban J connectivity index is 2.02. The Hall–Kier alpha value is -1.17. The van der Waals surface area contributed by atoms with Crippen molar-refractivity contribution in [1.82, 2.24) is 0 Å². The maximum Gasteiger partial charge on any atom is 0.161 e. The SMILES string of the molecule is COc1ccc(C(N)CSc2ccc(Br)cc2)cc1OC. The zero-order valence-electron chi connectivity index (χ0n) is 12.0. The van der Waals surface area contributed by atoms with Crippen LogP contribution < -0.4 is 15.2 Å². The maximum absolute atomic E-state index is 6.26. The Labute approximate surface area is 138 Å². The quantitative estimate of drug-likeness (QED) is 0.774. The Morgan fingerprint density at radius 2 is 1.71 bits per heavy atom. The number of benzene rings is 2. The molecule has 0 spiro atoms. The molecule has 0 bridgehead atoms. The molecule has 2 N–H and O–H groups in total. The Bertz CT molecular complexity index is 589. The van der Waals surface area contributed by atoms with Crippen LogP contribution in [0.1, 0.15) is 11.6 Å². The van der Waals surface area contributed by atoms with E-state index < -0.39 is 0 Å². The average molecular weight is 368 g/mol. The smallest absolute Gasteiger partial charge is 0.161 e. The second-order valence-corrected chi connectivity index (χ2v) is 6.49. The van der Waals surface area contributed by atoms with Crippen molar-refractivity contribution in [3.63, 3.8) is 0 Å². The Morgan fingerprint density at radius 1 is 1.05 bits per heavy atom. The van der Waals surface area contributed by atoms with Crippen molar-refractivity contribution < 1.29 is 9.47 Å². The van der Waals surface area contributed by atoms with Crippen molar-refractivity contribution in [2.24, 2.45) is 5.73 Å². The van der Waals surface area contributed by atoms with E-state index in [2.05, 4.69) is 28.1 Å². The number of halogens is 1. The molecule has 112 valence electrons. The fraction of sp³-hybridized carbons (Fsp3) is 0.250. The van der Waals surface area contributed by atoms with Crippen LogP contribution in [0.25, 0.3) is 0 Å². The minimum atomic E-state index is -0.0570. The van der Waals surface area contributed by atoms with Crippen molar-refractivity contribution in [1.29, 1.82) is 0 Å². The van der Waals surface area contributed by atoms with E-state index in [1.807, 2.05) is 30.3 Å². The van der Waals surface area contributed by atoms with Gasteiger partial charge in [0.2, 0.25) is 0 Å². The number of hydrogen-bond donors (Lipinski definition) is 1. The average Bonchev–Trinajstić information content (AvgIpc) is 2.53. The van der Waals surface area contributed by atoms with Crippen LogP contribution in [0.15, 0.2) is 51.8 Å². The molecule has 2 aromatic carbocycles. The standard InChI is InChI=1S/C16H18BrNO2S/c1-19-15-8-3-11(9-16(15)20-2)14(18)10-21-13-6-4-12(17)5-7-13/h3-9,14H,10,18H2,1-2H3. The molecule has 0 aliphatic rings. The van der Waals surface area contributed by atoms with E-state index in [0.29, 0.717) is 11.5 Å². The summed E-state index contributed by atoms with van der Waals surface area (Å²) in [4.78, 5) is 1.20. The topological polar surface area (TPSA) is 44.5 Å². The lowest BCUT2D eigenvalue weighted by molar-refractivity contribution is 0.354. The van der Waals surface area contributed by atoms with Gasteiger partial charge in [-0.2, -0.15) is 0 Å². The predicted molar refractivity (Wildman–Crippen MR) is 91.3 cm³/mol. The highest BCUT2D eigenvalue weighted by Crippen LogP contribution is 2.31. The predicted octanol–water partition coefficient (Wildman–Crippen LogP) is 4.26. The normalized spacial score (nSPS) is 12.0. The minimum absolute atomic E-state index is 0.0570. The number of ether oxygens (including phenoxy) is 2. The van der Waals surface area contributed by atoms with Crippen LogP contribution in [0.3, 0.4) is 0 Å². The fourth-order valence-electron chi connectivity index (χ4n) is 1.90. The third kappa shape index (κ3) is 4.40. The Kier molecular flexibility index (Phi) is 5.96. The van der Waals surface area contributed by atoms with E-state index in [4.69, 9.17) is 15.2 Å². The third-order valence-corrected chi connectivity index (χ3v) is 4.74. The molecule has 2 aromatic rings. The van der Waals surface area contributed by atoms with E-state index in [0.717, 1.165) is 15.8 Å². The van der Waals surface area contributed by atoms with Crippen molar-refractivity contribution in [2.45, 2.75) is 10.9 Å². The lowest BCUT2D eigenvalue weighted by Gasteiger charge is -2.14. The van der Waals surface area contributed by atoms with E-state index in [-0.39, 0.29) is 6.04 Å². The van der Waals surface area contributed by atoms with E-state index >= 15 is 0 Å². The molecule has 0 saturated carbocycles. The first-order valence-electron chi connectivity index (χ1n) is 6.50. The Morgan fingerprint density at radius 3 is 2.33 bits per heavy atom. The molecule has 0 fully saturated rings. The van der Waals surface area contributed by atoms with Gasteiger partial charge in [-0.25, -0.2) is 0 Å². The fourth-order valence-corrected chi connectivity index (χ4v) is 3.05. The first-order chi connectivity index (χ1) is 10.1. The van der Waals surface area contributed by atoms with E-state index in [1.54, 1.807) is 26.0 Å². The van der Waals surface area contributed by atoms with Crippen LogP contribution in [-0.2, 0) is 0 Å². The van der Waals surface area contributed by atoms with Crippen molar-refractivity contribution in [2.75, 3.05) is 20.0 Å². The van der Waals surface area contributed by atoms with Crippen molar-refractivity contribution >= 4 is 27.7 Å². The number of thioether (sulfide) groups is 1. The summed E-state index contributed by atoms with van der Waals surface area (Å²) in [6.07, 6.45) is 0. The molecule has 21 heavy (non-hydrogen) atoms. The van der Waals surface area contributed by atoms with Gasteiger partial charge >= 0.3 is 0 Å². The van der Waals surface area contributed by atoms with E-state index in [9.17, 15) is 0 Å². The van der Waals surface area contributed by atoms with Gasteiger partial charge in [0, 0.05) is 21.2 Å². The summed E-state index contributed by atoms with van der Waals surface area (Å²) in [5.41, 5.74) is 7.30. The summed E-state index contributed by atoms with van der Waals surface area (Å²) in [5.74, 6) is 2.23. The first kappa shape index (κ1) is 16.2. The first-order valence-corrected chi connectivity index (χ1v) is 8.27. The molecule has 0 amide bonds. The second-order valence-electron chi connectivity index (χ2n) is 4.49. The molecular weight excluding hydrogens is 350 g/mol. The molecule has 0 aromatic heterocycles. The number of hydrogen-bond acceptors (Lipinski definition) is 4. The van der Waals surface area contributed by atoms with Gasteiger partial charge < -0.3 is 15.2 Å². The van der Waals surface area contributed by atoms with Gasteiger partial charge in [0.05, 0.1) is 14.2 Å². The molecule has 0 radical (unpaired) electrons. The molecule has 2 rings (SSSR count). The maximum atomic E-state index is 6.26. The summed E-state index contributed by atoms with van der Waals surface area (Å²) in [5, 5.41) is 0. The largest absolute Gasteiger partial charge is 0.493 e. The highest BCUT2D eigenvalue weighted by Gasteiger charge is 2.11. The monoisotopic (exact) mass is 367 g/mol. The van der Waals surface area contributed by atoms with Crippen LogP contribution >= 0.6 is 27.7 Å². The molecule has 0 saturated heterocycles. The minimum Gasteiger partial charge on any atom is -0.493 e. The number of methoxy groups -OCH3 is 2. The van der Waals surface area contributed by atoms with Gasteiger partial charge in [0.1, 0.15) is 0 Å². The highest BCUT2D eigenvalue weighted by molar-refractivity contribution is 9.10. The summed E-state index contributed by atoms with van der Waals surface area (Å²) >= 11 is 5.17. The summed E-state index contributed by atoms with van der Waals surface area (Å²) in [7, 11) is 3.25. The molecule has 0 heterocycles. The molecule has 5 heteroatoms. The van der Waals surface area contributed by atoms with Crippen LogP contribution in [-0.4, -0.2) is 20.0 Å². The van der Waals surface area contributed by atoms with E-state index in [1.165, 1.54) is 4.90 Å². The molecule has 3 nitrogen and oxygen atoms in total. The summed E-state index contributed by atoms with van der Waals surface area (Å²) in [6.45, 7) is 0. The van der Waals surface area contributed by atoms with Gasteiger partial charge in [-0.15, -0.1) is 11.8 Å². The van der Waals surface area contributed by atoms with Crippen LogP contribution in [0.5, 0.6) is 11.5 Å². The summed E-state index contributed by atoms with van der Waals surface area (Å²) < 4.78 is 11.6. The van der Waals surface area contributed by atoms with Gasteiger partial charge in [0.25, 0.3) is 0 Å². The number of rotatable bonds is 6. The van der Waals surface area contributed by atoms with Crippen LogP contribution in [0.4, 0.5) is 0 Å². The zero-order chi connectivity index (χ0) is 15.2. The lowest BCUT2D eigenvalue weighted by Crippen LogP contribution is -2.13. The van der Waals surface area contributed by atoms with Gasteiger partial charge in [-0.1, -0.05) is 22.0 Å². The van der Waals surface area contributed by atoms with Crippen molar-refractivity contribution in [3.05, 3.63) is 52.5 Å². The molecule has 0 aliphatic carbocycles. The summed E-state index contributed by atoms with van der Waals surface area (Å²) in [6, 6.07) is 14.0.